The average molecular weight is 451 g/mol. The molecule has 7 nitrogen and oxygen atoms in total. The number of hydrogen-bond donors (Lipinski definition) is 0. The summed E-state index contributed by atoms with van der Waals surface area (Å²) < 4.78 is 47.2. The van der Waals surface area contributed by atoms with E-state index in [2.05, 4.69) is 6.58 Å². The molecule has 1 atom stereocenters. The van der Waals surface area contributed by atoms with Crippen LogP contribution in [0.5, 0.6) is 0 Å². The summed E-state index contributed by atoms with van der Waals surface area (Å²) in [6.07, 6.45) is 1.38. The van der Waals surface area contributed by atoms with E-state index in [4.69, 9.17) is 4.74 Å². The van der Waals surface area contributed by atoms with Crippen LogP contribution < -0.4 is 0 Å². The molecule has 2 rings (SSSR count). The predicted molar refractivity (Wildman–Crippen MR) is 115 cm³/mol. The third kappa shape index (κ3) is 4.47. The van der Waals surface area contributed by atoms with E-state index in [-0.39, 0.29) is 22.7 Å². The average Bonchev–Trinajstić information content (AvgIpc) is 2.99. The highest BCUT2D eigenvalue weighted by molar-refractivity contribution is 7.89. The molecular weight excluding hydrogens is 423 g/mol. The molecule has 0 radical (unpaired) electrons. The summed E-state index contributed by atoms with van der Waals surface area (Å²) in [5, 5.41) is 0. The normalized spacial score (nSPS) is 12.6. The van der Waals surface area contributed by atoms with Crippen molar-refractivity contribution in [2.45, 2.75) is 45.2 Å². The van der Waals surface area contributed by atoms with Crippen molar-refractivity contribution < 1.29 is 27.1 Å². The van der Waals surface area contributed by atoms with Crippen LogP contribution in [0.2, 0.25) is 0 Å². The van der Waals surface area contributed by atoms with E-state index in [1.807, 2.05) is 6.92 Å². The molecule has 0 fully saturated rings. The number of hydrogen-bond acceptors (Lipinski definition) is 5. The molecule has 0 bridgehead atoms. The van der Waals surface area contributed by atoms with Crippen LogP contribution in [0, 0.1) is 19.7 Å². The van der Waals surface area contributed by atoms with Crippen LogP contribution in [0.3, 0.4) is 0 Å². The lowest BCUT2D eigenvalue weighted by molar-refractivity contribution is 0.0587. The van der Waals surface area contributed by atoms with Gasteiger partial charge < -0.3 is 9.30 Å². The van der Waals surface area contributed by atoms with Crippen molar-refractivity contribution in [2.24, 2.45) is 0 Å². The van der Waals surface area contributed by atoms with Crippen LogP contribution >= 0.6 is 0 Å². The molecule has 2 aromatic rings. The van der Waals surface area contributed by atoms with Crippen LogP contribution in [0.1, 0.15) is 46.0 Å². The molecule has 0 aliphatic carbocycles. The maximum atomic E-state index is 13.5. The Morgan fingerprint density at radius 2 is 1.84 bits per heavy atom. The molecule has 9 heteroatoms. The van der Waals surface area contributed by atoms with Gasteiger partial charge in [-0.2, -0.15) is 4.31 Å². The summed E-state index contributed by atoms with van der Waals surface area (Å²) in [6, 6.07) is 3.30. The minimum absolute atomic E-state index is 0.122. The van der Waals surface area contributed by atoms with Gasteiger partial charge in [-0.3, -0.25) is 4.79 Å². The van der Waals surface area contributed by atoms with Crippen LogP contribution in [0.25, 0.3) is 0 Å². The molecule has 1 aromatic heterocycles. The summed E-state index contributed by atoms with van der Waals surface area (Å²) in [7, 11) is -2.85. The summed E-state index contributed by atoms with van der Waals surface area (Å²) in [5.74, 6) is -1.60. The number of carbonyl (C=O) groups excluding carboxylic acids is 2. The van der Waals surface area contributed by atoms with Crippen molar-refractivity contribution >= 4 is 21.8 Å². The quantitative estimate of drug-likeness (QED) is 0.332. The second-order valence-electron chi connectivity index (χ2n) is 7.03. The van der Waals surface area contributed by atoms with Gasteiger partial charge in [0, 0.05) is 24.3 Å². The second-order valence-corrected chi connectivity index (χ2v) is 8.92. The fraction of sp³-hybridized carbons (Fsp3) is 0.364. The first-order valence-electron chi connectivity index (χ1n) is 9.73. The van der Waals surface area contributed by atoms with Crippen molar-refractivity contribution in [1.29, 1.82) is 0 Å². The first kappa shape index (κ1) is 24.5. The van der Waals surface area contributed by atoms with Gasteiger partial charge in [-0.15, -0.1) is 6.58 Å². The number of benzene rings is 1. The number of aromatic nitrogens is 1. The predicted octanol–water partition coefficient (Wildman–Crippen LogP) is 3.50. The van der Waals surface area contributed by atoms with Gasteiger partial charge in [0.25, 0.3) is 0 Å². The Kier molecular flexibility index (Phi) is 7.56. The lowest BCUT2D eigenvalue weighted by atomic mass is 10.0. The van der Waals surface area contributed by atoms with Crippen molar-refractivity contribution in [2.75, 3.05) is 13.7 Å². The lowest BCUT2D eigenvalue weighted by Crippen LogP contribution is -2.43. The van der Waals surface area contributed by atoms with Gasteiger partial charge in [-0.1, -0.05) is 6.08 Å². The zero-order chi connectivity index (χ0) is 23.5. The number of Topliss-reactive ketones (excluding diaryl/α,β-unsaturated/α-hetero) is 1. The number of methoxy groups -OCH3 is 1. The van der Waals surface area contributed by atoms with E-state index < -0.39 is 33.6 Å². The molecule has 168 valence electrons. The minimum Gasteiger partial charge on any atom is -0.464 e. The number of sulfonamides is 1. The smallest absolute Gasteiger partial charge is 0.354 e. The molecule has 0 aliphatic heterocycles. The monoisotopic (exact) mass is 450 g/mol. The van der Waals surface area contributed by atoms with Gasteiger partial charge >= 0.3 is 5.97 Å². The molecule has 0 amide bonds. The largest absolute Gasteiger partial charge is 0.464 e. The Bertz CT molecular complexity index is 1100. The van der Waals surface area contributed by atoms with Gasteiger partial charge in [0.2, 0.25) is 10.0 Å². The second kappa shape index (κ2) is 9.57. The Balaban J connectivity index is 2.57. The van der Waals surface area contributed by atoms with E-state index in [0.29, 0.717) is 17.8 Å². The third-order valence-electron chi connectivity index (χ3n) is 5.25. The first-order valence-corrected chi connectivity index (χ1v) is 11.2. The molecule has 0 spiro atoms. The molecular formula is C22H27FN2O5S. The van der Waals surface area contributed by atoms with Gasteiger partial charge in [0.1, 0.15) is 11.5 Å². The zero-order valence-electron chi connectivity index (χ0n) is 18.3. The van der Waals surface area contributed by atoms with Gasteiger partial charge in [0.15, 0.2) is 5.78 Å². The maximum absolute atomic E-state index is 13.5. The highest BCUT2D eigenvalue weighted by Crippen LogP contribution is 2.27. The summed E-state index contributed by atoms with van der Waals surface area (Å²) in [5.41, 5.74) is 1.52. The molecule has 0 saturated carbocycles. The standard InChI is InChI=1S/C22H27FN2O5S/c1-7-13-25(31(28,29)18-11-9-17(23)10-12-18)16(5)21(26)19-14(3)20(22(27)30-6)24(8-2)15(19)4/h7,9-12,16H,1,8,13H2,2-6H3/t16-/m0/s1. The number of halogens is 1. The number of ketones is 1. The number of carbonyl (C=O) groups is 2. The molecule has 0 unspecified atom stereocenters. The van der Waals surface area contributed by atoms with Crippen molar-refractivity contribution in [3.05, 3.63) is 65.3 Å². The van der Waals surface area contributed by atoms with E-state index in [9.17, 15) is 22.4 Å². The van der Waals surface area contributed by atoms with Crippen LogP contribution in [0.15, 0.2) is 41.8 Å². The Morgan fingerprint density at radius 1 is 1.26 bits per heavy atom. The molecule has 1 aromatic carbocycles. The summed E-state index contributed by atoms with van der Waals surface area (Å²) >= 11 is 0. The third-order valence-corrected chi connectivity index (χ3v) is 7.20. The van der Waals surface area contributed by atoms with Gasteiger partial charge in [0.05, 0.1) is 18.0 Å². The summed E-state index contributed by atoms with van der Waals surface area (Å²) in [6.45, 7) is 10.6. The SMILES string of the molecule is C=CCN([C@@H](C)C(=O)c1c(C)c(C(=O)OC)n(CC)c1C)S(=O)(=O)c1ccc(F)cc1. The fourth-order valence-electron chi connectivity index (χ4n) is 3.69. The van der Waals surface area contributed by atoms with Crippen LogP contribution in [0.4, 0.5) is 4.39 Å². The van der Waals surface area contributed by atoms with E-state index in [1.165, 1.54) is 20.1 Å². The van der Waals surface area contributed by atoms with Crippen LogP contribution in [-0.4, -0.2) is 48.7 Å². The number of nitrogens with zero attached hydrogens (tertiary/aromatic N) is 2. The zero-order valence-corrected chi connectivity index (χ0v) is 19.1. The molecule has 31 heavy (non-hydrogen) atoms. The highest BCUT2D eigenvalue weighted by atomic mass is 32.2. The molecule has 0 N–H and O–H groups in total. The van der Waals surface area contributed by atoms with Crippen molar-refractivity contribution in [3.63, 3.8) is 0 Å². The Morgan fingerprint density at radius 3 is 2.32 bits per heavy atom. The number of ether oxygens (including phenoxy) is 1. The number of rotatable bonds is 9. The van der Waals surface area contributed by atoms with Crippen molar-refractivity contribution in [1.82, 2.24) is 8.87 Å². The lowest BCUT2D eigenvalue weighted by Gasteiger charge is -2.26. The van der Waals surface area contributed by atoms with Crippen LogP contribution in [-0.2, 0) is 21.3 Å². The molecule has 1 heterocycles. The van der Waals surface area contributed by atoms with Crippen molar-refractivity contribution in [3.8, 4) is 0 Å². The van der Waals surface area contributed by atoms with Gasteiger partial charge in [-0.05, 0) is 57.5 Å². The highest BCUT2D eigenvalue weighted by Gasteiger charge is 2.36. The van der Waals surface area contributed by atoms with Gasteiger partial charge in [-0.25, -0.2) is 17.6 Å². The first-order chi connectivity index (χ1) is 14.5. The molecule has 0 saturated heterocycles. The minimum atomic E-state index is -4.11. The Hall–Kier alpha value is -2.78. The summed E-state index contributed by atoms with van der Waals surface area (Å²) in [4.78, 5) is 25.6. The Labute approximate surface area is 182 Å². The maximum Gasteiger partial charge on any atom is 0.354 e. The van der Waals surface area contributed by atoms with E-state index in [1.54, 1.807) is 18.4 Å². The number of esters is 1. The van der Waals surface area contributed by atoms with E-state index >= 15 is 0 Å². The van der Waals surface area contributed by atoms with E-state index in [0.717, 1.165) is 28.6 Å². The fourth-order valence-corrected chi connectivity index (χ4v) is 5.25. The molecule has 0 aliphatic rings. The topological polar surface area (TPSA) is 85.7 Å².